The highest BCUT2D eigenvalue weighted by molar-refractivity contribution is 8.13. The number of benzene rings is 2. The topological polar surface area (TPSA) is 43.4 Å². The molecule has 112 valence electrons. The van der Waals surface area contributed by atoms with Crippen LogP contribution in [-0.2, 0) is 15.7 Å². The maximum Gasteiger partial charge on any atom is 0.264 e. The molecule has 0 aliphatic rings. The van der Waals surface area contributed by atoms with Crippen molar-refractivity contribution in [2.24, 2.45) is 0 Å². The normalized spacial score (nSPS) is 11.4. The van der Waals surface area contributed by atoms with Crippen molar-refractivity contribution in [3.05, 3.63) is 57.6 Å². The number of aryl methyl sites for hydroxylation is 1. The van der Waals surface area contributed by atoms with Crippen LogP contribution in [-0.4, -0.2) is 8.42 Å². The predicted molar refractivity (Wildman–Crippen MR) is 85.0 cm³/mol. The molecule has 0 fully saturated rings. The van der Waals surface area contributed by atoms with E-state index in [9.17, 15) is 8.42 Å². The Morgan fingerprint density at radius 1 is 1.10 bits per heavy atom. The van der Waals surface area contributed by atoms with Crippen molar-refractivity contribution in [1.82, 2.24) is 0 Å². The van der Waals surface area contributed by atoms with E-state index >= 15 is 0 Å². The Hall–Kier alpha value is -0.940. The van der Waals surface area contributed by atoms with Crippen LogP contribution in [0.5, 0.6) is 5.75 Å². The van der Waals surface area contributed by atoms with Crippen molar-refractivity contribution in [3.8, 4) is 5.75 Å². The van der Waals surface area contributed by atoms with Crippen molar-refractivity contribution >= 4 is 42.9 Å². The molecule has 0 atom stereocenters. The summed E-state index contributed by atoms with van der Waals surface area (Å²) in [4.78, 5) is -0.0673. The van der Waals surface area contributed by atoms with Crippen LogP contribution >= 0.6 is 33.9 Å². The summed E-state index contributed by atoms with van der Waals surface area (Å²) in [6.45, 7) is 1.85. The van der Waals surface area contributed by atoms with E-state index in [1.165, 1.54) is 6.07 Å². The molecule has 0 saturated carbocycles. The van der Waals surface area contributed by atoms with Crippen LogP contribution < -0.4 is 4.74 Å². The van der Waals surface area contributed by atoms with Crippen molar-refractivity contribution < 1.29 is 13.2 Å². The summed E-state index contributed by atoms with van der Waals surface area (Å²) in [5.41, 5.74) is 1.42. The average Bonchev–Trinajstić information content (AvgIpc) is 2.40. The van der Waals surface area contributed by atoms with E-state index < -0.39 is 9.05 Å². The van der Waals surface area contributed by atoms with Gasteiger partial charge in [-0.25, -0.2) is 8.42 Å². The maximum absolute atomic E-state index is 11.6. The molecule has 0 amide bonds. The molecule has 3 nitrogen and oxygen atoms in total. The lowest BCUT2D eigenvalue weighted by Gasteiger charge is -2.11. The largest absolute Gasteiger partial charge is 0.487 e. The lowest BCUT2D eigenvalue weighted by molar-refractivity contribution is 0.298. The first-order valence-corrected chi connectivity index (χ1v) is 8.96. The molecule has 0 aromatic heterocycles. The SMILES string of the molecule is Cc1ccc(OCc2cc(Cl)ccc2Cl)c(S(=O)(=O)Cl)c1. The van der Waals surface area contributed by atoms with Gasteiger partial charge in [-0.3, -0.25) is 0 Å². The first-order valence-electron chi connectivity index (χ1n) is 5.89. The zero-order chi connectivity index (χ0) is 15.6. The molecule has 0 N–H and O–H groups in total. The Labute approximate surface area is 137 Å². The lowest BCUT2D eigenvalue weighted by Crippen LogP contribution is -2.01. The van der Waals surface area contributed by atoms with Crippen LogP contribution in [0.15, 0.2) is 41.3 Å². The summed E-state index contributed by atoms with van der Waals surface area (Å²) in [5.74, 6) is 0.173. The summed E-state index contributed by atoms with van der Waals surface area (Å²) >= 11 is 11.9. The van der Waals surface area contributed by atoms with Crippen LogP contribution in [0.4, 0.5) is 0 Å². The highest BCUT2D eigenvalue weighted by atomic mass is 35.7. The molecular weight excluding hydrogens is 355 g/mol. The Bertz CT molecular complexity index is 773. The first-order chi connectivity index (χ1) is 9.77. The molecule has 0 unspecified atom stereocenters. The number of ether oxygens (including phenoxy) is 1. The lowest BCUT2D eigenvalue weighted by atomic mass is 10.2. The van der Waals surface area contributed by atoms with Gasteiger partial charge in [0.1, 0.15) is 17.3 Å². The van der Waals surface area contributed by atoms with Crippen molar-refractivity contribution in [1.29, 1.82) is 0 Å². The summed E-state index contributed by atoms with van der Waals surface area (Å²) in [6.07, 6.45) is 0. The fraction of sp³-hybridized carbons (Fsp3) is 0.143. The molecule has 0 spiro atoms. The van der Waals surface area contributed by atoms with Crippen LogP contribution in [0.1, 0.15) is 11.1 Å². The van der Waals surface area contributed by atoms with Gasteiger partial charge in [-0.15, -0.1) is 0 Å². The third-order valence-electron chi connectivity index (χ3n) is 2.75. The fourth-order valence-electron chi connectivity index (χ4n) is 1.73. The summed E-state index contributed by atoms with van der Waals surface area (Å²) < 4.78 is 28.7. The minimum Gasteiger partial charge on any atom is -0.487 e. The standard InChI is InChI=1S/C14H11Cl3O3S/c1-9-2-5-13(14(6-9)21(17,18)19)20-8-10-7-11(15)3-4-12(10)16/h2-7H,8H2,1H3. The second-order valence-corrected chi connectivity index (χ2v) is 7.79. The van der Waals surface area contributed by atoms with Crippen LogP contribution in [0.25, 0.3) is 0 Å². The number of rotatable bonds is 4. The molecule has 0 aliphatic heterocycles. The zero-order valence-corrected chi connectivity index (χ0v) is 14.0. The summed E-state index contributed by atoms with van der Waals surface area (Å²) in [7, 11) is 1.53. The van der Waals surface area contributed by atoms with E-state index in [1.54, 1.807) is 37.3 Å². The highest BCUT2D eigenvalue weighted by Crippen LogP contribution is 2.29. The number of hydrogen-bond acceptors (Lipinski definition) is 3. The van der Waals surface area contributed by atoms with Gasteiger partial charge in [0, 0.05) is 26.3 Å². The summed E-state index contributed by atoms with van der Waals surface area (Å²) in [5, 5.41) is 1.01. The molecule has 0 bridgehead atoms. The molecular formula is C14H11Cl3O3S. The van der Waals surface area contributed by atoms with E-state index in [0.29, 0.717) is 15.6 Å². The van der Waals surface area contributed by atoms with Gasteiger partial charge in [0.15, 0.2) is 0 Å². The van der Waals surface area contributed by atoms with E-state index in [0.717, 1.165) is 5.56 Å². The Morgan fingerprint density at radius 3 is 2.48 bits per heavy atom. The first kappa shape index (κ1) is 16.4. The van der Waals surface area contributed by atoms with E-state index in [2.05, 4.69) is 0 Å². The van der Waals surface area contributed by atoms with E-state index in [-0.39, 0.29) is 17.3 Å². The smallest absolute Gasteiger partial charge is 0.264 e. The Kier molecular flexibility index (Phi) is 5.04. The van der Waals surface area contributed by atoms with Crippen LogP contribution in [0.2, 0.25) is 10.0 Å². The molecule has 2 aromatic carbocycles. The minimum absolute atomic E-state index is 0.0673. The van der Waals surface area contributed by atoms with Crippen LogP contribution in [0, 0.1) is 6.92 Å². The van der Waals surface area contributed by atoms with Gasteiger partial charge in [0.25, 0.3) is 9.05 Å². The molecule has 0 radical (unpaired) electrons. The molecule has 0 heterocycles. The monoisotopic (exact) mass is 364 g/mol. The average molecular weight is 366 g/mol. The van der Waals surface area contributed by atoms with Gasteiger partial charge in [-0.05, 0) is 42.8 Å². The molecule has 21 heavy (non-hydrogen) atoms. The predicted octanol–water partition coefficient (Wildman–Crippen LogP) is 4.81. The Morgan fingerprint density at radius 2 is 1.81 bits per heavy atom. The molecule has 7 heteroatoms. The quantitative estimate of drug-likeness (QED) is 0.730. The van der Waals surface area contributed by atoms with Gasteiger partial charge in [-0.1, -0.05) is 29.3 Å². The van der Waals surface area contributed by atoms with Gasteiger partial charge < -0.3 is 4.74 Å². The summed E-state index contributed by atoms with van der Waals surface area (Å²) in [6, 6.07) is 9.72. The third-order valence-corrected chi connectivity index (χ3v) is 4.70. The van der Waals surface area contributed by atoms with Crippen molar-refractivity contribution in [3.63, 3.8) is 0 Å². The fourth-order valence-corrected chi connectivity index (χ4v) is 3.16. The maximum atomic E-state index is 11.6. The zero-order valence-electron chi connectivity index (χ0n) is 10.9. The number of hydrogen-bond donors (Lipinski definition) is 0. The van der Waals surface area contributed by atoms with Crippen molar-refractivity contribution in [2.45, 2.75) is 18.4 Å². The second-order valence-electron chi connectivity index (χ2n) is 4.41. The van der Waals surface area contributed by atoms with Gasteiger partial charge in [0.05, 0.1) is 0 Å². The third kappa shape index (κ3) is 4.27. The molecule has 0 saturated heterocycles. The molecule has 0 aliphatic carbocycles. The van der Waals surface area contributed by atoms with Gasteiger partial charge in [-0.2, -0.15) is 0 Å². The van der Waals surface area contributed by atoms with Gasteiger partial charge >= 0.3 is 0 Å². The number of halogens is 3. The van der Waals surface area contributed by atoms with Crippen molar-refractivity contribution in [2.75, 3.05) is 0 Å². The van der Waals surface area contributed by atoms with E-state index in [4.69, 9.17) is 38.6 Å². The highest BCUT2D eigenvalue weighted by Gasteiger charge is 2.17. The Balaban J connectivity index is 2.30. The van der Waals surface area contributed by atoms with Crippen LogP contribution in [0.3, 0.4) is 0 Å². The second kappa shape index (κ2) is 6.44. The minimum atomic E-state index is -3.89. The van der Waals surface area contributed by atoms with Gasteiger partial charge in [0.2, 0.25) is 0 Å². The van der Waals surface area contributed by atoms with E-state index in [1.807, 2.05) is 0 Å². The molecule has 2 rings (SSSR count). The molecule has 2 aromatic rings.